The van der Waals surface area contributed by atoms with Gasteiger partial charge in [0.2, 0.25) is 0 Å². The van der Waals surface area contributed by atoms with Crippen molar-refractivity contribution in [2.45, 2.75) is 38.1 Å². The molecule has 0 spiro atoms. The molecular formula is C15H17NO4. The Morgan fingerprint density at radius 1 is 1.35 bits per heavy atom. The largest absolute Gasteiger partial charge is 0.453 e. The SMILES string of the molecule is C[C@@H]1N[C@@H](C(OC(=O)c2ccccc2)C2CC2)OC1=O. The van der Waals surface area contributed by atoms with Crippen LogP contribution in [0.4, 0.5) is 0 Å². The van der Waals surface area contributed by atoms with Crippen LogP contribution in [-0.4, -0.2) is 30.3 Å². The maximum Gasteiger partial charge on any atom is 0.338 e. The van der Waals surface area contributed by atoms with Gasteiger partial charge in [-0.3, -0.25) is 10.1 Å². The van der Waals surface area contributed by atoms with Crippen LogP contribution in [0.3, 0.4) is 0 Å². The maximum atomic E-state index is 12.1. The zero-order chi connectivity index (χ0) is 14.1. The summed E-state index contributed by atoms with van der Waals surface area (Å²) in [4.78, 5) is 23.6. The lowest BCUT2D eigenvalue weighted by atomic mass is 10.2. The van der Waals surface area contributed by atoms with E-state index in [1.165, 1.54) is 0 Å². The monoisotopic (exact) mass is 275 g/mol. The number of benzene rings is 1. The third-order valence-electron chi connectivity index (χ3n) is 3.65. The van der Waals surface area contributed by atoms with E-state index < -0.39 is 12.3 Å². The van der Waals surface area contributed by atoms with Crippen molar-refractivity contribution in [3.05, 3.63) is 35.9 Å². The standard InChI is InChI=1S/C15H17NO4/c1-9-14(17)20-13(16-9)12(10-7-8-10)19-15(18)11-5-3-2-4-6-11/h2-6,9-10,12-13,16H,7-8H2,1H3/t9-,12?,13+/m0/s1. The number of esters is 2. The zero-order valence-electron chi connectivity index (χ0n) is 11.2. The van der Waals surface area contributed by atoms with Crippen molar-refractivity contribution in [1.82, 2.24) is 5.32 Å². The smallest absolute Gasteiger partial charge is 0.338 e. The molecule has 2 aliphatic rings. The highest BCUT2D eigenvalue weighted by molar-refractivity contribution is 5.89. The van der Waals surface area contributed by atoms with Crippen LogP contribution in [0.5, 0.6) is 0 Å². The molecule has 0 radical (unpaired) electrons. The highest BCUT2D eigenvalue weighted by Crippen LogP contribution is 2.37. The van der Waals surface area contributed by atoms with Crippen molar-refractivity contribution >= 4 is 11.9 Å². The lowest BCUT2D eigenvalue weighted by molar-refractivity contribution is -0.147. The molecule has 1 heterocycles. The molecule has 5 nitrogen and oxygen atoms in total. The summed E-state index contributed by atoms with van der Waals surface area (Å²) in [5, 5.41) is 3.03. The number of rotatable bonds is 4. The highest BCUT2D eigenvalue weighted by Gasteiger charge is 2.45. The minimum absolute atomic E-state index is 0.276. The minimum Gasteiger partial charge on any atom is -0.453 e. The summed E-state index contributed by atoms with van der Waals surface area (Å²) in [7, 11) is 0. The molecule has 1 unspecified atom stereocenters. The summed E-state index contributed by atoms with van der Waals surface area (Å²) in [6, 6.07) is 8.50. The van der Waals surface area contributed by atoms with Crippen LogP contribution in [0.15, 0.2) is 30.3 Å². The summed E-state index contributed by atoms with van der Waals surface area (Å²) in [5.41, 5.74) is 0.510. The van der Waals surface area contributed by atoms with Crippen molar-refractivity contribution in [3.8, 4) is 0 Å². The molecule has 1 saturated heterocycles. The van der Waals surface area contributed by atoms with Crippen LogP contribution in [0.1, 0.15) is 30.1 Å². The Morgan fingerprint density at radius 2 is 2.05 bits per heavy atom. The van der Waals surface area contributed by atoms with Crippen LogP contribution >= 0.6 is 0 Å². The Hall–Kier alpha value is -1.88. The first kappa shape index (κ1) is 13.1. The fourth-order valence-corrected chi connectivity index (χ4v) is 2.33. The second-order valence-electron chi connectivity index (χ2n) is 5.32. The number of ether oxygens (including phenoxy) is 2. The fraction of sp³-hybridized carbons (Fsp3) is 0.467. The van der Waals surface area contributed by atoms with Gasteiger partial charge in [-0.15, -0.1) is 0 Å². The first-order chi connectivity index (χ1) is 9.65. The molecule has 1 saturated carbocycles. The van der Waals surface area contributed by atoms with E-state index in [4.69, 9.17) is 9.47 Å². The lowest BCUT2D eigenvalue weighted by Crippen LogP contribution is -2.42. The Bertz CT molecular complexity index is 512. The molecule has 3 rings (SSSR count). The van der Waals surface area contributed by atoms with Gasteiger partial charge in [0, 0.05) is 5.92 Å². The topological polar surface area (TPSA) is 64.6 Å². The Labute approximate surface area is 117 Å². The van der Waals surface area contributed by atoms with Crippen molar-refractivity contribution in [2.75, 3.05) is 0 Å². The van der Waals surface area contributed by atoms with Crippen molar-refractivity contribution in [3.63, 3.8) is 0 Å². The van der Waals surface area contributed by atoms with E-state index in [-0.39, 0.29) is 23.9 Å². The van der Waals surface area contributed by atoms with Gasteiger partial charge in [-0.1, -0.05) is 18.2 Å². The Morgan fingerprint density at radius 3 is 2.60 bits per heavy atom. The van der Waals surface area contributed by atoms with E-state index in [9.17, 15) is 9.59 Å². The normalized spacial score (nSPS) is 26.9. The molecule has 2 fully saturated rings. The molecule has 3 atom stereocenters. The van der Waals surface area contributed by atoms with E-state index in [0.717, 1.165) is 12.8 Å². The zero-order valence-corrected chi connectivity index (χ0v) is 11.2. The molecule has 0 amide bonds. The van der Waals surface area contributed by atoms with Gasteiger partial charge in [-0.05, 0) is 31.9 Å². The van der Waals surface area contributed by atoms with Gasteiger partial charge >= 0.3 is 11.9 Å². The second-order valence-corrected chi connectivity index (χ2v) is 5.32. The molecule has 20 heavy (non-hydrogen) atoms. The highest BCUT2D eigenvalue weighted by atomic mass is 16.6. The van der Waals surface area contributed by atoms with E-state index in [2.05, 4.69) is 5.32 Å². The molecule has 1 aromatic rings. The number of carbonyl (C=O) groups excluding carboxylic acids is 2. The maximum absolute atomic E-state index is 12.1. The fourth-order valence-electron chi connectivity index (χ4n) is 2.33. The summed E-state index contributed by atoms with van der Waals surface area (Å²) >= 11 is 0. The summed E-state index contributed by atoms with van der Waals surface area (Å²) in [5.74, 6) is -0.394. The van der Waals surface area contributed by atoms with Gasteiger partial charge in [-0.2, -0.15) is 0 Å². The van der Waals surface area contributed by atoms with Gasteiger partial charge in [-0.25, -0.2) is 4.79 Å². The molecule has 1 aromatic carbocycles. The molecular weight excluding hydrogens is 258 g/mol. The van der Waals surface area contributed by atoms with Crippen molar-refractivity contribution in [2.24, 2.45) is 5.92 Å². The van der Waals surface area contributed by atoms with Gasteiger partial charge in [0.1, 0.15) is 6.04 Å². The van der Waals surface area contributed by atoms with Crippen LogP contribution in [0.2, 0.25) is 0 Å². The van der Waals surface area contributed by atoms with Crippen LogP contribution < -0.4 is 5.32 Å². The van der Waals surface area contributed by atoms with Crippen molar-refractivity contribution < 1.29 is 19.1 Å². The summed E-state index contributed by atoms with van der Waals surface area (Å²) in [6.45, 7) is 1.74. The summed E-state index contributed by atoms with van der Waals surface area (Å²) < 4.78 is 10.8. The van der Waals surface area contributed by atoms with Gasteiger partial charge in [0.25, 0.3) is 0 Å². The summed E-state index contributed by atoms with van der Waals surface area (Å²) in [6.07, 6.45) is 1.06. The van der Waals surface area contributed by atoms with Crippen molar-refractivity contribution in [1.29, 1.82) is 0 Å². The van der Waals surface area contributed by atoms with Crippen LogP contribution in [0.25, 0.3) is 0 Å². The third kappa shape index (κ3) is 2.67. The first-order valence-electron chi connectivity index (χ1n) is 6.88. The average Bonchev–Trinajstić information content (AvgIpc) is 3.24. The molecule has 106 valence electrons. The molecule has 0 aromatic heterocycles. The van der Waals surface area contributed by atoms with Crippen LogP contribution in [-0.2, 0) is 14.3 Å². The van der Waals surface area contributed by atoms with E-state index in [1.807, 2.05) is 6.07 Å². The van der Waals surface area contributed by atoms with E-state index >= 15 is 0 Å². The van der Waals surface area contributed by atoms with E-state index in [1.54, 1.807) is 31.2 Å². The predicted molar refractivity (Wildman–Crippen MR) is 70.8 cm³/mol. The number of cyclic esters (lactones) is 1. The van der Waals surface area contributed by atoms with Gasteiger partial charge in [0.15, 0.2) is 12.3 Å². The second kappa shape index (κ2) is 5.25. The third-order valence-corrected chi connectivity index (χ3v) is 3.65. The molecule has 0 bridgehead atoms. The quantitative estimate of drug-likeness (QED) is 0.843. The number of hydrogen-bond donors (Lipinski definition) is 1. The van der Waals surface area contributed by atoms with Gasteiger partial charge in [0.05, 0.1) is 5.56 Å². The molecule has 1 N–H and O–H groups in total. The number of nitrogens with one attached hydrogen (secondary N) is 1. The average molecular weight is 275 g/mol. The van der Waals surface area contributed by atoms with E-state index in [0.29, 0.717) is 5.56 Å². The Kier molecular flexibility index (Phi) is 3.44. The first-order valence-corrected chi connectivity index (χ1v) is 6.88. The minimum atomic E-state index is -0.530. The number of carbonyl (C=O) groups is 2. The van der Waals surface area contributed by atoms with Gasteiger partial charge < -0.3 is 9.47 Å². The predicted octanol–water partition coefficient (Wildman–Crippen LogP) is 1.48. The molecule has 5 heteroatoms. The number of hydrogen-bond acceptors (Lipinski definition) is 5. The Balaban J connectivity index is 1.69. The molecule has 1 aliphatic carbocycles. The van der Waals surface area contributed by atoms with Crippen LogP contribution in [0, 0.1) is 5.92 Å². The lowest BCUT2D eigenvalue weighted by Gasteiger charge is -2.22. The molecule has 1 aliphatic heterocycles.